The van der Waals surface area contributed by atoms with E-state index >= 15 is 0 Å². The van der Waals surface area contributed by atoms with Crippen LogP contribution in [0.1, 0.15) is 23.7 Å². The Morgan fingerprint density at radius 3 is 3.13 bits per heavy atom. The van der Waals surface area contributed by atoms with E-state index in [0.29, 0.717) is 23.0 Å². The zero-order valence-electron chi connectivity index (χ0n) is 12.4. The van der Waals surface area contributed by atoms with Crippen molar-refractivity contribution in [3.63, 3.8) is 0 Å². The molecule has 1 aromatic carbocycles. The van der Waals surface area contributed by atoms with Crippen LogP contribution in [0.15, 0.2) is 28.7 Å². The smallest absolute Gasteiger partial charge is 0.311 e. The molecule has 1 N–H and O–H groups in total. The molecule has 0 saturated carbocycles. The molecule has 1 heterocycles. The predicted molar refractivity (Wildman–Crippen MR) is 88.0 cm³/mol. The van der Waals surface area contributed by atoms with Gasteiger partial charge in [0.05, 0.1) is 30.5 Å². The van der Waals surface area contributed by atoms with Crippen molar-refractivity contribution in [1.29, 1.82) is 0 Å². The maximum atomic E-state index is 13.5. The summed E-state index contributed by atoms with van der Waals surface area (Å²) >= 11 is 1.31. The molecule has 0 aliphatic carbocycles. The number of hydrazone groups is 1. The van der Waals surface area contributed by atoms with Crippen molar-refractivity contribution >= 4 is 28.7 Å². The van der Waals surface area contributed by atoms with E-state index < -0.39 is 5.82 Å². The van der Waals surface area contributed by atoms with E-state index in [4.69, 9.17) is 11.2 Å². The largest absolute Gasteiger partial charge is 0.466 e. The van der Waals surface area contributed by atoms with Crippen molar-refractivity contribution in [2.75, 3.05) is 12.0 Å². The molecule has 0 unspecified atom stereocenters. The number of nitrogens with one attached hydrogen (secondary N) is 1. The highest BCUT2D eigenvalue weighted by molar-refractivity contribution is 7.13. The number of anilines is 1. The standard InChI is InChI=1S/C16H14FN3O2S/c1-3-12-6-5-11(7-14(12)17)9-18-20-16-19-13(10-23-16)8-15(21)22-4-2/h1,5-7,9-10H,4,8H2,2H3,(H,19,20). The Balaban J connectivity index is 1.93. The maximum absolute atomic E-state index is 13.5. The van der Waals surface area contributed by atoms with Gasteiger partial charge in [-0.25, -0.2) is 9.37 Å². The first-order valence-corrected chi connectivity index (χ1v) is 7.65. The molecule has 0 bridgehead atoms. The van der Waals surface area contributed by atoms with Crippen LogP contribution >= 0.6 is 11.3 Å². The van der Waals surface area contributed by atoms with Crippen LogP contribution in [-0.4, -0.2) is 23.8 Å². The number of hydrogen-bond donors (Lipinski definition) is 1. The first-order valence-electron chi connectivity index (χ1n) is 6.77. The highest BCUT2D eigenvalue weighted by atomic mass is 32.1. The van der Waals surface area contributed by atoms with Crippen molar-refractivity contribution in [3.05, 3.63) is 46.2 Å². The molecule has 0 amide bonds. The van der Waals surface area contributed by atoms with Crippen molar-refractivity contribution in [2.45, 2.75) is 13.3 Å². The Morgan fingerprint density at radius 2 is 2.43 bits per heavy atom. The Morgan fingerprint density at radius 1 is 1.61 bits per heavy atom. The number of carbonyl (C=O) groups excluding carboxylic acids is 1. The number of aromatic nitrogens is 1. The Hall–Kier alpha value is -2.72. The van der Waals surface area contributed by atoms with Gasteiger partial charge in [0.1, 0.15) is 5.82 Å². The fraction of sp³-hybridized carbons (Fsp3) is 0.188. The fourth-order valence-corrected chi connectivity index (χ4v) is 2.35. The normalized spacial score (nSPS) is 10.5. The minimum absolute atomic E-state index is 0.120. The van der Waals surface area contributed by atoms with Gasteiger partial charge in [0.15, 0.2) is 0 Å². The molecule has 0 radical (unpaired) electrons. The van der Waals surface area contributed by atoms with Gasteiger partial charge in [-0.3, -0.25) is 10.2 Å². The summed E-state index contributed by atoms with van der Waals surface area (Å²) in [6.45, 7) is 2.09. The van der Waals surface area contributed by atoms with Crippen LogP contribution in [0.2, 0.25) is 0 Å². The summed E-state index contributed by atoms with van der Waals surface area (Å²) in [5.74, 6) is 1.46. The van der Waals surface area contributed by atoms with Crippen molar-refractivity contribution in [2.24, 2.45) is 5.10 Å². The Kier molecular flexibility index (Phi) is 5.83. The predicted octanol–water partition coefficient (Wildman–Crippen LogP) is 2.82. The zero-order chi connectivity index (χ0) is 16.7. The summed E-state index contributed by atoms with van der Waals surface area (Å²) in [6, 6.07) is 4.48. The van der Waals surface area contributed by atoms with Gasteiger partial charge in [0, 0.05) is 5.38 Å². The lowest BCUT2D eigenvalue weighted by Gasteiger charge is -1.98. The molecule has 2 rings (SSSR count). The highest BCUT2D eigenvalue weighted by Gasteiger charge is 2.07. The second-order valence-corrected chi connectivity index (χ2v) is 5.24. The van der Waals surface area contributed by atoms with Crippen LogP contribution in [0.3, 0.4) is 0 Å². The number of ether oxygens (including phenoxy) is 1. The second-order valence-electron chi connectivity index (χ2n) is 4.38. The lowest BCUT2D eigenvalue weighted by atomic mass is 10.1. The summed E-state index contributed by atoms with van der Waals surface area (Å²) < 4.78 is 18.4. The molecule has 7 heteroatoms. The van der Waals surface area contributed by atoms with Crippen molar-refractivity contribution < 1.29 is 13.9 Å². The van der Waals surface area contributed by atoms with Crippen LogP contribution in [0.4, 0.5) is 9.52 Å². The van der Waals surface area contributed by atoms with Gasteiger partial charge in [-0.05, 0) is 24.6 Å². The minimum atomic E-state index is -0.470. The van der Waals surface area contributed by atoms with E-state index in [1.807, 2.05) is 0 Å². The molecule has 5 nitrogen and oxygen atoms in total. The third kappa shape index (κ3) is 4.90. The average molecular weight is 331 g/mol. The number of benzene rings is 1. The Labute approximate surface area is 137 Å². The van der Waals surface area contributed by atoms with Crippen LogP contribution in [0.25, 0.3) is 0 Å². The van der Waals surface area contributed by atoms with Crippen LogP contribution in [0, 0.1) is 18.2 Å². The quantitative estimate of drug-likeness (QED) is 0.383. The summed E-state index contributed by atoms with van der Waals surface area (Å²) in [4.78, 5) is 15.5. The van der Waals surface area contributed by atoms with Crippen LogP contribution < -0.4 is 5.43 Å². The molecule has 0 fully saturated rings. The van der Waals surface area contributed by atoms with E-state index in [0.717, 1.165) is 0 Å². The number of carbonyl (C=O) groups is 1. The molecule has 23 heavy (non-hydrogen) atoms. The van der Waals surface area contributed by atoms with Gasteiger partial charge in [0.25, 0.3) is 0 Å². The summed E-state index contributed by atoms with van der Waals surface area (Å²) in [5.41, 5.74) is 4.11. The summed E-state index contributed by atoms with van der Waals surface area (Å²) in [7, 11) is 0. The molecule has 0 atom stereocenters. The zero-order valence-corrected chi connectivity index (χ0v) is 13.2. The molecular formula is C16H14FN3O2S. The van der Waals surface area contributed by atoms with Crippen LogP contribution in [0.5, 0.6) is 0 Å². The number of hydrogen-bond acceptors (Lipinski definition) is 6. The van der Waals surface area contributed by atoms with Gasteiger partial charge in [0.2, 0.25) is 5.13 Å². The third-order valence-corrected chi connectivity index (χ3v) is 3.50. The van der Waals surface area contributed by atoms with Gasteiger partial charge < -0.3 is 4.74 Å². The van der Waals surface area contributed by atoms with Gasteiger partial charge in [-0.2, -0.15) is 5.10 Å². The highest BCUT2D eigenvalue weighted by Crippen LogP contribution is 2.16. The maximum Gasteiger partial charge on any atom is 0.311 e. The van der Waals surface area contributed by atoms with E-state index in [2.05, 4.69) is 21.4 Å². The summed E-state index contributed by atoms with van der Waals surface area (Å²) in [5, 5.41) is 6.25. The summed E-state index contributed by atoms with van der Waals surface area (Å²) in [6.07, 6.45) is 6.73. The second kappa shape index (κ2) is 8.06. The molecule has 0 spiro atoms. The van der Waals surface area contributed by atoms with E-state index in [-0.39, 0.29) is 18.0 Å². The van der Waals surface area contributed by atoms with Crippen LogP contribution in [-0.2, 0) is 16.0 Å². The molecule has 0 aliphatic rings. The number of halogens is 1. The van der Waals surface area contributed by atoms with E-state index in [1.165, 1.54) is 29.7 Å². The first-order chi connectivity index (χ1) is 11.1. The number of rotatable bonds is 6. The van der Waals surface area contributed by atoms with E-state index in [1.54, 1.807) is 18.4 Å². The topological polar surface area (TPSA) is 63.6 Å². The van der Waals surface area contributed by atoms with Crippen molar-refractivity contribution in [3.8, 4) is 12.3 Å². The number of terminal acetylenes is 1. The SMILES string of the molecule is C#Cc1ccc(C=NNc2nc(CC(=O)OCC)cs2)cc1F. The number of esters is 1. The Bertz CT molecular complexity index is 765. The monoisotopic (exact) mass is 331 g/mol. The molecule has 0 saturated heterocycles. The van der Waals surface area contributed by atoms with Gasteiger partial charge >= 0.3 is 5.97 Å². The van der Waals surface area contributed by atoms with Gasteiger partial charge in [-0.15, -0.1) is 17.8 Å². The number of thiazole rings is 1. The molecule has 2 aromatic rings. The average Bonchev–Trinajstić information content (AvgIpc) is 2.95. The first kappa shape index (κ1) is 16.6. The minimum Gasteiger partial charge on any atom is -0.466 e. The fourth-order valence-electron chi connectivity index (χ4n) is 1.69. The molecule has 118 valence electrons. The molecule has 1 aromatic heterocycles. The molecular weight excluding hydrogens is 317 g/mol. The van der Waals surface area contributed by atoms with Crippen molar-refractivity contribution in [1.82, 2.24) is 4.98 Å². The lowest BCUT2D eigenvalue weighted by Crippen LogP contribution is -2.07. The van der Waals surface area contributed by atoms with E-state index in [9.17, 15) is 9.18 Å². The van der Waals surface area contributed by atoms with Gasteiger partial charge in [-0.1, -0.05) is 12.0 Å². The molecule has 0 aliphatic heterocycles. The third-order valence-electron chi connectivity index (χ3n) is 2.70. The number of nitrogens with zero attached hydrogens (tertiary/aromatic N) is 2. The lowest BCUT2D eigenvalue weighted by molar-refractivity contribution is -0.142.